The average molecular weight is 599 g/mol. The Bertz CT molecular complexity index is 1480. The second-order valence-electron chi connectivity index (χ2n) is 14.1. The number of aromatic hydroxyl groups is 1. The van der Waals surface area contributed by atoms with E-state index < -0.39 is 75.6 Å². The van der Waals surface area contributed by atoms with Gasteiger partial charge < -0.3 is 41.9 Å². The highest BCUT2D eigenvalue weighted by atomic mass is 16.4. The van der Waals surface area contributed by atoms with Crippen LogP contribution in [0.4, 0.5) is 5.69 Å². The second kappa shape index (κ2) is 9.78. The summed E-state index contributed by atoms with van der Waals surface area (Å²) in [6, 6.07) is 1.98. The van der Waals surface area contributed by atoms with E-state index in [9.17, 15) is 39.9 Å². The van der Waals surface area contributed by atoms with Crippen LogP contribution in [0.15, 0.2) is 29.0 Å². The molecule has 1 saturated carbocycles. The topological polar surface area (TPSA) is 206 Å². The maximum absolute atomic E-state index is 14.2. The number of anilines is 1. The molecule has 9 N–H and O–H groups in total. The van der Waals surface area contributed by atoms with E-state index >= 15 is 0 Å². The number of amides is 1. The van der Waals surface area contributed by atoms with Gasteiger partial charge in [0.15, 0.2) is 11.4 Å². The zero-order chi connectivity index (χ0) is 32.1. The Morgan fingerprint density at radius 2 is 1.65 bits per heavy atom. The first-order valence-corrected chi connectivity index (χ1v) is 14.5. The molecule has 1 aliphatic heterocycles. The van der Waals surface area contributed by atoms with Crippen molar-refractivity contribution in [3.63, 3.8) is 0 Å². The molecule has 3 aliphatic carbocycles. The molecule has 1 heterocycles. The molecule has 1 saturated heterocycles. The summed E-state index contributed by atoms with van der Waals surface area (Å²) in [5.41, 5.74) is 1.47. The minimum atomic E-state index is -2.94. The first-order chi connectivity index (χ1) is 19.7. The summed E-state index contributed by atoms with van der Waals surface area (Å²) in [6.07, 6.45) is -0.135. The number of nitrogens with one attached hydrogen (secondary N) is 2. The molecule has 12 nitrogen and oxygen atoms in total. The molecule has 0 bridgehead atoms. The standard InChI is InChI=1S/C31H42N4O8/c1-12-14-8-9-15(33-13-10-29(2,3)34-30(4,5)11-13)22(36)17(14)23(37)18-16(12)24(38)20-21(35(6)7)25(39)19(28(32)42)27(41)31(20,43)26(18)40/h8-9,12-13,16,20-21,24,33-34,36-38,41,43H,10-11H2,1-7H3,(H2,32,42)/t12-,16?,20?,21-,24?,31-/m0/s1. The first kappa shape index (κ1) is 31.0. The predicted molar refractivity (Wildman–Crippen MR) is 158 cm³/mol. The Labute approximate surface area is 250 Å². The number of rotatable bonds is 4. The number of hydrogen-bond donors (Lipinski definition) is 8. The highest BCUT2D eigenvalue weighted by Crippen LogP contribution is 2.56. The molecular formula is C31H42N4O8. The lowest BCUT2D eigenvalue weighted by atomic mass is 9.54. The lowest BCUT2D eigenvalue weighted by Crippen LogP contribution is -2.70. The third kappa shape index (κ3) is 4.45. The van der Waals surface area contributed by atoms with Gasteiger partial charge in [-0.15, -0.1) is 0 Å². The molecule has 2 fully saturated rings. The molecule has 0 aromatic heterocycles. The molecule has 1 aromatic carbocycles. The van der Waals surface area contributed by atoms with E-state index in [0.29, 0.717) is 11.3 Å². The van der Waals surface area contributed by atoms with Crippen LogP contribution < -0.4 is 16.4 Å². The van der Waals surface area contributed by atoms with E-state index in [0.717, 1.165) is 12.8 Å². The molecule has 4 aliphatic rings. The Morgan fingerprint density at radius 1 is 1.07 bits per heavy atom. The summed E-state index contributed by atoms with van der Waals surface area (Å²) in [5.74, 6) is -9.04. The van der Waals surface area contributed by atoms with Crippen molar-refractivity contribution in [2.45, 2.75) is 88.2 Å². The molecule has 1 amide bonds. The number of carbonyl (C=O) groups is 3. The summed E-state index contributed by atoms with van der Waals surface area (Å²) in [6.45, 7) is 10.1. The van der Waals surface area contributed by atoms with Crippen LogP contribution >= 0.6 is 0 Å². The summed E-state index contributed by atoms with van der Waals surface area (Å²) in [4.78, 5) is 41.0. The minimum Gasteiger partial charge on any atom is -0.508 e. The number of fused-ring (bicyclic) bond motifs is 3. The van der Waals surface area contributed by atoms with E-state index in [2.05, 4.69) is 38.3 Å². The number of aliphatic hydroxyl groups excluding tert-OH is 3. The number of benzene rings is 1. The van der Waals surface area contributed by atoms with Crippen LogP contribution in [0.2, 0.25) is 0 Å². The minimum absolute atomic E-state index is 0.0320. The van der Waals surface area contributed by atoms with Gasteiger partial charge in [0.2, 0.25) is 5.78 Å². The zero-order valence-corrected chi connectivity index (χ0v) is 25.5. The maximum Gasteiger partial charge on any atom is 0.255 e. The first-order valence-electron chi connectivity index (χ1n) is 14.5. The number of nitrogens with two attached hydrogens (primary N) is 1. The van der Waals surface area contributed by atoms with Crippen molar-refractivity contribution in [1.29, 1.82) is 0 Å². The largest absolute Gasteiger partial charge is 0.508 e. The van der Waals surface area contributed by atoms with Crippen LogP contribution in [0.25, 0.3) is 5.76 Å². The van der Waals surface area contributed by atoms with E-state index in [1.165, 1.54) is 19.0 Å². The predicted octanol–water partition coefficient (Wildman–Crippen LogP) is 1.22. The Balaban J connectivity index is 1.66. The molecular weight excluding hydrogens is 556 g/mol. The van der Waals surface area contributed by atoms with Crippen LogP contribution in [-0.2, 0) is 14.4 Å². The molecule has 234 valence electrons. The molecule has 0 radical (unpaired) electrons. The number of likely N-dealkylation sites (N-methyl/N-ethyl adjacent to an activating group) is 1. The van der Waals surface area contributed by atoms with E-state index in [1.54, 1.807) is 19.1 Å². The van der Waals surface area contributed by atoms with Crippen LogP contribution in [0.1, 0.15) is 64.5 Å². The van der Waals surface area contributed by atoms with Crippen molar-refractivity contribution >= 4 is 28.9 Å². The number of ketones is 2. The summed E-state index contributed by atoms with van der Waals surface area (Å²) < 4.78 is 0. The highest BCUT2D eigenvalue weighted by Gasteiger charge is 2.68. The number of primary amides is 1. The number of phenolic OH excluding ortho intramolecular Hbond substituents is 1. The second-order valence-corrected chi connectivity index (χ2v) is 14.1. The Kier molecular flexibility index (Phi) is 7.05. The lowest BCUT2D eigenvalue weighted by molar-refractivity contribution is -0.169. The van der Waals surface area contributed by atoms with Gasteiger partial charge in [0, 0.05) is 28.6 Å². The number of piperidine rings is 1. The molecule has 43 heavy (non-hydrogen) atoms. The van der Waals surface area contributed by atoms with Gasteiger partial charge in [-0.1, -0.05) is 13.0 Å². The van der Waals surface area contributed by atoms with Gasteiger partial charge in [-0.2, -0.15) is 0 Å². The van der Waals surface area contributed by atoms with Gasteiger partial charge in [-0.25, -0.2) is 0 Å². The SMILES string of the molecule is C[C@H]1c2ccc(NC3CC(C)(C)NC(C)(C)C3)c(O)c2C(O)=C2C(=O)[C@]3(O)C(O)=C(C(N)=O)C(=O)[C@@H](N(C)C)C3C(O)C21. The molecule has 0 spiro atoms. The van der Waals surface area contributed by atoms with Crippen LogP contribution in [-0.4, -0.2) is 96.9 Å². The molecule has 1 aromatic rings. The average Bonchev–Trinajstić information content (AvgIpc) is 2.85. The van der Waals surface area contributed by atoms with Gasteiger partial charge >= 0.3 is 0 Å². The number of phenols is 1. The third-order valence-corrected chi connectivity index (χ3v) is 9.68. The number of carbonyl (C=O) groups excluding carboxylic acids is 3. The van der Waals surface area contributed by atoms with Crippen molar-refractivity contribution in [2.24, 2.45) is 17.6 Å². The van der Waals surface area contributed by atoms with Crippen molar-refractivity contribution in [2.75, 3.05) is 19.4 Å². The van der Waals surface area contributed by atoms with Gasteiger partial charge in [0.1, 0.15) is 22.8 Å². The molecule has 3 unspecified atom stereocenters. The van der Waals surface area contributed by atoms with Gasteiger partial charge in [-0.05, 0) is 72.2 Å². The maximum atomic E-state index is 14.2. The van der Waals surface area contributed by atoms with Crippen LogP contribution in [0.5, 0.6) is 5.75 Å². The third-order valence-electron chi connectivity index (χ3n) is 9.68. The monoisotopic (exact) mass is 598 g/mol. The van der Waals surface area contributed by atoms with Crippen molar-refractivity contribution < 1.29 is 39.9 Å². The molecule has 12 heteroatoms. The van der Waals surface area contributed by atoms with Gasteiger partial charge in [-0.3, -0.25) is 19.3 Å². The molecule has 6 atom stereocenters. The normalized spacial score (nSPS) is 33.7. The van der Waals surface area contributed by atoms with Crippen molar-refractivity contribution in [3.05, 3.63) is 40.2 Å². The van der Waals surface area contributed by atoms with E-state index in [4.69, 9.17) is 5.73 Å². The fraction of sp³-hybridized carbons (Fsp3) is 0.581. The number of Topliss-reactive ketones (excluding diaryl/α,β-unsaturated/α-hetero) is 2. The van der Waals surface area contributed by atoms with Gasteiger partial charge in [0.25, 0.3) is 5.91 Å². The van der Waals surface area contributed by atoms with E-state index in [1.807, 2.05) is 0 Å². The fourth-order valence-corrected chi connectivity index (χ4v) is 8.38. The summed E-state index contributed by atoms with van der Waals surface area (Å²) in [7, 11) is 2.95. The molecule has 5 rings (SSSR count). The number of aliphatic hydroxyl groups is 4. The number of nitrogens with zero attached hydrogens (tertiary/aromatic N) is 1. The Morgan fingerprint density at radius 3 is 2.19 bits per heavy atom. The fourth-order valence-electron chi connectivity index (χ4n) is 8.38. The van der Waals surface area contributed by atoms with Crippen molar-refractivity contribution in [3.8, 4) is 5.75 Å². The Hall–Kier alpha value is -3.45. The highest BCUT2D eigenvalue weighted by molar-refractivity contribution is 6.24. The smallest absolute Gasteiger partial charge is 0.255 e. The quantitative estimate of drug-likeness (QED) is 0.183. The van der Waals surface area contributed by atoms with Crippen LogP contribution in [0, 0.1) is 11.8 Å². The van der Waals surface area contributed by atoms with Crippen molar-refractivity contribution in [1.82, 2.24) is 10.2 Å². The lowest BCUT2D eigenvalue weighted by Gasteiger charge is -2.53. The summed E-state index contributed by atoms with van der Waals surface area (Å²) in [5, 5.41) is 64.7. The van der Waals surface area contributed by atoms with Gasteiger partial charge in [0.05, 0.1) is 29.3 Å². The van der Waals surface area contributed by atoms with Crippen LogP contribution in [0.3, 0.4) is 0 Å². The van der Waals surface area contributed by atoms with E-state index in [-0.39, 0.29) is 28.4 Å². The number of hydrogen-bond acceptors (Lipinski definition) is 11. The summed E-state index contributed by atoms with van der Waals surface area (Å²) >= 11 is 0. The zero-order valence-electron chi connectivity index (χ0n) is 25.5.